The van der Waals surface area contributed by atoms with Crippen LogP contribution in [-0.2, 0) is 0 Å². The molecule has 0 aromatic rings. The number of rotatable bonds is 1. The molecule has 0 atom stereocenters. The average Bonchev–Trinajstić information content (AvgIpc) is 1.86. The lowest BCUT2D eigenvalue weighted by Crippen LogP contribution is -2.62. The minimum atomic E-state index is 0. The Bertz CT molecular complexity index is 154. The summed E-state index contributed by atoms with van der Waals surface area (Å²) in [5.74, 6) is 0. The molecule has 0 aromatic heterocycles. The van der Waals surface area contributed by atoms with Gasteiger partial charge in [0.2, 0.25) is 0 Å². The molecule has 3 rings (SSSR count). The fourth-order valence-electron chi connectivity index (χ4n) is 2.80. The molecule has 0 amide bonds. The lowest BCUT2D eigenvalue weighted by Gasteiger charge is -2.58. The normalized spacial score (nSPS) is 47.5. The topological polar surface area (TPSA) is 46.2 Å². The molecule has 2 bridgehead atoms. The molecule has 3 N–H and O–H groups in total. The fraction of sp³-hybridized carbons (Fsp3) is 1.00. The highest BCUT2D eigenvalue weighted by molar-refractivity contribution is 5.85. The monoisotopic (exact) mass is 177 g/mol. The number of nitrogens with two attached hydrogens (primary N) is 1. The minimum Gasteiger partial charge on any atom is -0.396 e. The van der Waals surface area contributed by atoms with Crippen LogP contribution in [-0.4, -0.2) is 17.3 Å². The van der Waals surface area contributed by atoms with Crippen LogP contribution in [0.3, 0.4) is 0 Å². The third-order valence-electron chi connectivity index (χ3n) is 3.17. The number of aliphatic hydroxyl groups is 1. The molecule has 0 aromatic carbocycles. The van der Waals surface area contributed by atoms with Gasteiger partial charge in [0.15, 0.2) is 0 Å². The lowest BCUT2D eigenvalue weighted by atomic mass is 9.50. The number of halogens is 1. The molecule has 0 heterocycles. The van der Waals surface area contributed by atoms with Gasteiger partial charge in [-0.25, -0.2) is 0 Å². The summed E-state index contributed by atoms with van der Waals surface area (Å²) in [7, 11) is 0. The van der Waals surface area contributed by atoms with E-state index in [0.29, 0.717) is 6.61 Å². The van der Waals surface area contributed by atoms with Gasteiger partial charge in [0.1, 0.15) is 0 Å². The van der Waals surface area contributed by atoms with Crippen molar-refractivity contribution < 1.29 is 5.11 Å². The quantitative estimate of drug-likeness (QED) is 0.630. The van der Waals surface area contributed by atoms with Crippen LogP contribution in [0.5, 0.6) is 0 Å². The van der Waals surface area contributed by atoms with E-state index in [1.807, 2.05) is 0 Å². The molecule has 3 fully saturated rings. The average molecular weight is 178 g/mol. The van der Waals surface area contributed by atoms with Crippen molar-refractivity contribution in [1.29, 1.82) is 0 Å². The molecule has 2 nitrogen and oxygen atoms in total. The van der Waals surface area contributed by atoms with E-state index in [1.54, 1.807) is 0 Å². The summed E-state index contributed by atoms with van der Waals surface area (Å²) in [6.45, 7) is 0.353. The molecule has 3 aliphatic rings. The first-order chi connectivity index (χ1) is 4.68. The summed E-state index contributed by atoms with van der Waals surface area (Å²) in [5, 5.41) is 9.05. The van der Waals surface area contributed by atoms with E-state index in [4.69, 9.17) is 10.8 Å². The highest BCUT2D eigenvalue weighted by atomic mass is 35.5. The summed E-state index contributed by atoms with van der Waals surface area (Å²) >= 11 is 0. The van der Waals surface area contributed by atoms with Gasteiger partial charge in [-0.05, 0) is 31.1 Å². The largest absolute Gasteiger partial charge is 0.396 e. The number of aliphatic hydroxyl groups excluding tert-OH is 1. The molecule has 11 heavy (non-hydrogen) atoms. The van der Waals surface area contributed by atoms with Gasteiger partial charge in [-0.3, -0.25) is 0 Å². The van der Waals surface area contributed by atoms with E-state index in [0.717, 1.165) is 12.8 Å². The van der Waals surface area contributed by atoms with Gasteiger partial charge in [-0.15, -0.1) is 12.4 Å². The van der Waals surface area contributed by atoms with Gasteiger partial charge in [0.05, 0.1) is 0 Å². The second kappa shape index (κ2) is 2.61. The SMILES string of the molecule is Cl.NC12CCCC(CO)(C1)C2. The van der Waals surface area contributed by atoms with Crippen molar-refractivity contribution in [1.82, 2.24) is 0 Å². The molecule has 3 saturated carbocycles. The Morgan fingerprint density at radius 2 is 1.91 bits per heavy atom. The summed E-state index contributed by atoms with van der Waals surface area (Å²) in [4.78, 5) is 0. The van der Waals surface area contributed by atoms with Crippen LogP contribution in [0.1, 0.15) is 32.1 Å². The van der Waals surface area contributed by atoms with Gasteiger partial charge in [0.25, 0.3) is 0 Å². The number of hydrogen-bond acceptors (Lipinski definition) is 2. The summed E-state index contributed by atoms with van der Waals surface area (Å²) in [5.41, 5.74) is 6.38. The van der Waals surface area contributed by atoms with E-state index < -0.39 is 0 Å². The third kappa shape index (κ3) is 1.28. The van der Waals surface area contributed by atoms with Crippen LogP contribution in [0.2, 0.25) is 0 Å². The number of fused-ring (bicyclic) bond motifs is 2. The summed E-state index contributed by atoms with van der Waals surface area (Å²) in [6.07, 6.45) is 5.72. The molecule has 0 aliphatic heterocycles. The Balaban J connectivity index is 0.000000605. The smallest absolute Gasteiger partial charge is 0.0488 e. The highest BCUT2D eigenvalue weighted by Crippen LogP contribution is 2.56. The molecule has 3 heteroatoms. The molecule has 0 radical (unpaired) electrons. The maximum absolute atomic E-state index is 9.05. The van der Waals surface area contributed by atoms with Gasteiger partial charge in [-0.2, -0.15) is 0 Å². The standard InChI is InChI=1S/C8H15NO.ClH/c9-8-3-1-2-7(4-8,5-8)6-10;/h10H,1-6,9H2;1H. The molecule has 0 unspecified atom stereocenters. The van der Waals surface area contributed by atoms with Crippen molar-refractivity contribution in [3.63, 3.8) is 0 Å². The highest BCUT2D eigenvalue weighted by Gasteiger charge is 2.54. The van der Waals surface area contributed by atoms with Gasteiger partial charge >= 0.3 is 0 Å². The van der Waals surface area contributed by atoms with Crippen LogP contribution in [0.15, 0.2) is 0 Å². The predicted octanol–water partition coefficient (Wildman–Crippen LogP) is 1.06. The Kier molecular flexibility index (Phi) is 2.21. The van der Waals surface area contributed by atoms with Gasteiger partial charge < -0.3 is 10.8 Å². The van der Waals surface area contributed by atoms with E-state index >= 15 is 0 Å². The first-order valence-electron chi connectivity index (χ1n) is 4.08. The van der Waals surface area contributed by atoms with Gasteiger partial charge in [-0.1, -0.05) is 6.42 Å². The Labute approximate surface area is 73.6 Å². The van der Waals surface area contributed by atoms with Gasteiger partial charge in [0, 0.05) is 12.1 Å². The first-order valence-corrected chi connectivity index (χ1v) is 4.08. The Morgan fingerprint density at radius 3 is 2.27 bits per heavy atom. The summed E-state index contributed by atoms with van der Waals surface area (Å²) < 4.78 is 0. The lowest BCUT2D eigenvalue weighted by molar-refractivity contribution is -0.0673. The zero-order valence-electron chi connectivity index (χ0n) is 6.68. The van der Waals surface area contributed by atoms with Crippen molar-refractivity contribution in [2.24, 2.45) is 11.1 Å². The zero-order valence-corrected chi connectivity index (χ0v) is 7.49. The second-order valence-electron chi connectivity index (χ2n) is 4.23. The van der Waals surface area contributed by atoms with E-state index in [-0.39, 0.29) is 23.4 Å². The Hall–Kier alpha value is 0.210. The van der Waals surface area contributed by atoms with Crippen molar-refractivity contribution in [3.8, 4) is 0 Å². The van der Waals surface area contributed by atoms with Crippen LogP contribution >= 0.6 is 12.4 Å². The maximum Gasteiger partial charge on any atom is 0.0488 e. The minimum absolute atomic E-state index is 0. The third-order valence-corrected chi connectivity index (χ3v) is 3.17. The zero-order chi connectivity index (χ0) is 7.24. The molecule has 3 aliphatic carbocycles. The first kappa shape index (κ1) is 9.30. The van der Waals surface area contributed by atoms with E-state index in [2.05, 4.69) is 0 Å². The molecule has 0 saturated heterocycles. The molecule has 66 valence electrons. The predicted molar refractivity (Wildman–Crippen MR) is 46.8 cm³/mol. The van der Waals surface area contributed by atoms with Crippen molar-refractivity contribution in [3.05, 3.63) is 0 Å². The fourth-order valence-corrected chi connectivity index (χ4v) is 2.80. The molecular formula is C8H16ClNO. The maximum atomic E-state index is 9.05. The van der Waals surface area contributed by atoms with Crippen LogP contribution in [0.4, 0.5) is 0 Å². The number of hydrogen-bond donors (Lipinski definition) is 2. The van der Waals surface area contributed by atoms with Crippen LogP contribution in [0, 0.1) is 5.41 Å². The Morgan fingerprint density at radius 1 is 1.27 bits per heavy atom. The summed E-state index contributed by atoms with van der Waals surface area (Å²) in [6, 6.07) is 0. The van der Waals surface area contributed by atoms with Crippen molar-refractivity contribution in [2.45, 2.75) is 37.6 Å². The van der Waals surface area contributed by atoms with Crippen molar-refractivity contribution >= 4 is 12.4 Å². The second-order valence-corrected chi connectivity index (χ2v) is 4.23. The van der Waals surface area contributed by atoms with Crippen LogP contribution < -0.4 is 5.73 Å². The van der Waals surface area contributed by atoms with E-state index in [1.165, 1.54) is 19.3 Å². The molecule has 0 spiro atoms. The van der Waals surface area contributed by atoms with Crippen LogP contribution in [0.25, 0.3) is 0 Å². The van der Waals surface area contributed by atoms with E-state index in [9.17, 15) is 0 Å². The molecular weight excluding hydrogens is 162 g/mol. The van der Waals surface area contributed by atoms with Crippen molar-refractivity contribution in [2.75, 3.05) is 6.61 Å².